The van der Waals surface area contributed by atoms with Gasteiger partial charge >= 0.3 is 0 Å². The lowest BCUT2D eigenvalue weighted by atomic mass is 10.0. The van der Waals surface area contributed by atoms with Crippen LogP contribution in [0.1, 0.15) is 78.1 Å². The molecular weight excluding hydrogens is 492 g/mol. The first-order valence-electron chi connectivity index (χ1n) is 14.3. The van der Waals surface area contributed by atoms with E-state index < -0.39 is 36.5 Å². The van der Waals surface area contributed by atoms with E-state index in [0.717, 1.165) is 44.1 Å². The van der Waals surface area contributed by atoms with E-state index in [2.05, 4.69) is 25.7 Å². The highest BCUT2D eigenvalue weighted by atomic mass is 17.1. The molecule has 0 spiro atoms. The van der Waals surface area contributed by atoms with Crippen LogP contribution in [0.15, 0.2) is 30.3 Å². The Hall–Kier alpha value is -1.14. The van der Waals surface area contributed by atoms with Crippen molar-refractivity contribution in [3.8, 4) is 0 Å². The zero-order valence-corrected chi connectivity index (χ0v) is 23.5. The van der Waals surface area contributed by atoms with Crippen molar-refractivity contribution in [2.75, 3.05) is 39.6 Å². The van der Waals surface area contributed by atoms with E-state index >= 15 is 0 Å². The molecule has 0 aliphatic carbocycles. The minimum absolute atomic E-state index is 0.0531. The Labute approximate surface area is 227 Å². The molecule has 0 aromatic heterocycles. The summed E-state index contributed by atoms with van der Waals surface area (Å²) in [6, 6.07) is 9.85. The van der Waals surface area contributed by atoms with Gasteiger partial charge in [-0.15, -0.1) is 0 Å². The van der Waals surface area contributed by atoms with Gasteiger partial charge in [0.2, 0.25) is 0 Å². The first kappa shape index (κ1) is 31.4. The second kappa shape index (κ2) is 16.8. The Kier molecular flexibility index (Phi) is 13.9. The zero-order chi connectivity index (χ0) is 27.2. The molecule has 0 radical (unpaired) electrons. The van der Waals surface area contributed by atoms with E-state index in [0.29, 0.717) is 26.4 Å². The molecule has 0 bridgehead atoms. The summed E-state index contributed by atoms with van der Waals surface area (Å²) in [5.74, 6) is 0. The minimum atomic E-state index is -0.804. The van der Waals surface area contributed by atoms with Crippen molar-refractivity contribution in [2.45, 2.75) is 109 Å². The van der Waals surface area contributed by atoms with Crippen molar-refractivity contribution in [3.05, 3.63) is 35.9 Å². The smallest absolute Gasteiger partial charge is 0.187 e. The SMILES string of the molecule is CCCCOCC12CO[C@@H](OC(C(C)OCCCC)[C@@H](COO)OCCCC)C1O[C@H](c1ccccc1)O2. The summed E-state index contributed by atoms with van der Waals surface area (Å²) in [5.41, 5.74) is 0.123. The van der Waals surface area contributed by atoms with E-state index in [-0.39, 0.29) is 19.3 Å². The van der Waals surface area contributed by atoms with Gasteiger partial charge in [-0.05, 0) is 26.2 Å². The van der Waals surface area contributed by atoms with Crippen molar-refractivity contribution in [3.63, 3.8) is 0 Å². The number of rotatable bonds is 20. The molecule has 0 saturated carbocycles. The molecule has 2 aliphatic heterocycles. The molecule has 2 saturated heterocycles. The molecule has 1 aromatic carbocycles. The molecule has 218 valence electrons. The fraction of sp³-hybridized carbons (Fsp3) is 0.793. The van der Waals surface area contributed by atoms with Crippen molar-refractivity contribution >= 4 is 0 Å². The first-order chi connectivity index (χ1) is 18.6. The summed E-state index contributed by atoms with van der Waals surface area (Å²) in [4.78, 5) is 4.54. The monoisotopic (exact) mass is 540 g/mol. The molecular formula is C29H48O9. The zero-order valence-electron chi connectivity index (χ0n) is 23.5. The summed E-state index contributed by atoms with van der Waals surface area (Å²) in [6.07, 6.45) is 2.56. The Morgan fingerprint density at radius 3 is 2.34 bits per heavy atom. The standard InChI is InChI=1S/C29H48O9/c1-5-8-16-31-20-29-21-34-28(26(29)37-27(38-29)23-14-12-11-13-15-23)36-25(22(4)32-17-9-6-2)24(19-35-30)33-18-10-7-3/h11-15,22,24-28,30H,5-10,16-21H2,1-4H3/t22?,24-,25?,26?,27+,28+,29?/m1/s1. The van der Waals surface area contributed by atoms with Gasteiger partial charge in [0.1, 0.15) is 30.5 Å². The molecule has 7 atom stereocenters. The van der Waals surface area contributed by atoms with Gasteiger partial charge in [-0.2, -0.15) is 0 Å². The Bertz CT molecular complexity index is 751. The van der Waals surface area contributed by atoms with Gasteiger partial charge in [0, 0.05) is 25.4 Å². The average Bonchev–Trinajstić information content (AvgIpc) is 3.46. The van der Waals surface area contributed by atoms with Crippen LogP contribution in [-0.2, 0) is 38.0 Å². The predicted octanol–water partition coefficient (Wildman–Crippen LogP) is 5.28. The van der Waals surface area contributed by atoms with Gasteiger partial charge in [-0.3, -0.25) is 5.26 Å². The maximum absolute atomic E-state index is 9.32. The van der Waals surface area contributed by atoms with Crippen molar-refractivity contribution < 1.29 is 43.3 Å². The molecule has 2 aliphatic rings. The van der Waals surface area contributed by atoms with Crippen LogP contribution in [0, 0.1) is 0 Å². The van der Waals surface area contributed by atoms with E-state index in [9.17, 15) is 5.26 Å². The lowest BCUT2D eigenvalue weighted by Gasteiger charge is -2.34. The van der Waals surface area contributed by atoms with Gasteiger partial charge in [0.05, 0.1) is 19.3 Å². The van der Waals surface area contributed by atoms with Crippen LogP contribution in [0.3, 0.4) is 0 Å². The van der Waals surface area contributed by atoms with E-state index in [1.165, 1.54) is 0 Å². The third-order valence-corrected chi connectivity index (χ3v) is 7.00. The minimum Gasteiger partial charge on any atom is -0.378 e. The summed E-state index contributed by atoms with van der Waals surface area (Å²) < 4.78 is 43.9. The van der Waals surface area contributed by atoms with Gasteiger partial charge in [-0.1, -0.05) is 70.4 Å². The van der Waals surface area contributed by atoms with Crippen molar-refractivity contribution in [1.82, 2.24) is 0 Å². The highest BCUT2D eigenvalue weighted by molar-refractivity contribution is 5.18. The summed E-state index contributed by atoms with van der Waals surface area (Å²) in [7, 11) is 0. The number of benzene rings is 1. The Balaban J connectivity index is 1.79. The lowest BCUT2D eigenvalue weighted by Crippen LogP contribution is -2.50. The van der Waals surface area contributed by atoms with Crippen LogP contribution >= 0.6 is 0 Å². The topological polar surface area (TPSA) is 94.1 Å². The normalized spacial score (nSPS) is 27.3. The van der Waals surface area contributed by atoms with Crippen molar-refractivity contribution in [2.24, 2.45) is 0 Å². The van der Waals surface area contributed by atoms with Crippen LogP contribution in [0.5, 0.6) is 0 Å². The lowest BCUT2D eigenvalue weighted by molar-refractivity contribution is -0.290. The van der Waals surface area contributed by atoms with E-state index in [1.54, 1.807) is 0 Å². The number of fused-ring (bicyclic) bond motifs is 1. The fourth-order valence-electron chi connectivity index (χ4n) is 4.67. The molecule has 9 heteroatoms. The molecule has 1 aromatic rings. The van der Waals surface area contributed by atoms with Gasteiger partial charge < -0.3 is 33.2 Å². The largest absolute Gasteiger partial charge is 0.378 e. The molecule has 3 rings (SSSR count). The Morgan fingerprint density at radius 2 is 1.66 bits per heavy atom. The Morgan fingerprint density at radius 1 is 0.974 bits per heavy atom. The van der Waals surface area contributed by atoms with Crippen LogP contribution < -0.4 is 0 Å². The molecule has 4 unspecified atom stereocenters. The van der Waals surface area contributed by atoms with E-state index in [1.807, 2.05) is 37.3 Å². The second-order valence-corrected chi connectivity index (χ2v) is 10.2. The summed E-state index contributed by atoms with van der Waals surface area (Å²) in [6.45, 7) is 10.6. The highest BCUT2D eigenvalue weighted by Crippen LogP contribution is 2.45. The number of hydrogen-bond donors (Lipinski definition) is 1. The third-order valence-electron chi connectivity index (χ3n) is 7.00. The molecule has 2 heterocycles. The number of hydrogen-bond acceptors (Lipinski definition) is 9. The number of ether oxygens (including phenoxy) is 7. The molecule has 0 amide bonds. The second-order valence-electron chi connectivity index (χ2n) is 10.2. The van der Waals surface area contributed by atoms with Crippen LogP contribution in [0.2, 0.25) is 0 Å². The van der Waals surface area contributed by atoms with E-state index in [4.69, 9.17) is 33.2 Å². The van der Waals surface area contributed by atoms with Crippen LogP contribution in [-0.4, -0.2) is 81.2 Å². The molecule has 1 N–H and O–H groups in total. The van der Waals surface area contributed by atoms with Gasteiger partial charge in [-0.25, -0.2) is 4.89 Å². The molecule has 2 fully saturated rings. The highest BCUT2D eigenvalue weighted by Gasteiger charge is 2.60. The fourth-order valence-corrected chi connectivity index (χ4v) is 4.67. The third kappa shape index (κ3) is 8.68. The maximum Gasteiger partial charge on any atom is 0.187 e. The summed E-state index contributed by atoms with van der Waals surface area (Å²) in [5, 5.41) is 9.32. The summed E-state index contributed by atoms with van der Waals surface area (Å²) >= 11 is 0. The molecule has 38 heavy (non-hydrogen) atoms. The van der Waals surface area contributed by atoms with Crippen LogP contribution in [0.25, 0.3) is 0 Å². The van der Waals surface area contributed by atoms with Gasteiger partial charge in [0.25, 0.3) is 0 Å². The van der Waals surface area contributed by atoms with Gasteiger partial charge in [0.15, 0.2) is 12.6 Å². The quantitative estimate of drug-likeness (QED) is 0.135. The first-order valence-corrected chi connectivity index (χ1v) is 14.3. The number of unbranched alkanes of at least 4 members (excludes halogenated alkanes) is 3. The predicted molar refractivity (Wildman–Crippen MR) is 142 cm³/mol. The maximum atomic E-state index is 9.32. The molecule has 9 nitrogen and oxygen atoms in total. The average molecular weight is 541 g/mol. The van der Waals surface area contributed by atoms with Crippen molar-refractivity contribution in [1.29, 1.82) is 0 Å². The van der Waals surface area contributed by atoms with Crippen LogP contribution in [0.4, 0.5) is 0 Å².